The minimum atomic E-state index is -4.92. The van der Waals surface area contributed by atoms with Gasteiger partial charge >= 0.3 is 24.1 Å². The van der Waals surface area contributed by atoms with Gasteiger partial charge in [0.1, 0.15) is 6.10 Å². The van der Waals surface area contributed by atoms with Crippen molar-refractivity contribution in [2.24, 2.45) is 0 Å². The summed E-state index contributed by atoms with van der Waals surface area (Å²) in [6, 6.07) is 0. The first-order valence-electron chi connectivity index (χ1n) is 6.24. The van der Waals surface area contributed by atoms with E-state index in [2.05, 4.69) is 14.2 Å². The quantitative estimate of drug-likeness (QED) is 0.566. The molecular formula is C12H15F3O7. The lowest BCUT2D eigenvalue weighted by Crippen LogP contribution is -2.57. The Kier molecular flexibility index (Phi) is 5.75. The number of carbonyl (C=O) groups excluding carboxylic acids is 3. The fourth-order valence-electron chi connectivity index (χ4n) is 2.00. The number of hydrogen-bond acceptors (Lipinski definition) is 7. The molecule has 0 radical (unpaired) electrons. The van der Waals surface area contributed by atoms with Crippen LogP contribution in [0.25, 0.3) is 0 Å². The van der Waals surface area contributed by atoms with E-state index in [1.807, 2.05) is 0 Å². The Balaban J connectivity index is 3.07. The molecule has 22 heavy (non-hydrogen) atoms. The maximum absolute atomic E-state index is 13.1. The van der Waals surface area contributed by atoms with E-state index in [0.717, 1.165) is 20.8 Å². The number of hydrogen-bond donors (Lipinski definition) is 0. The Labute approximate surface area is 123 Å². The highest BCUT2D eigenvalue weighted by molar-refractivity contribution is 5.67. The molecule has 0 aliphatic carbocycles. The van der Waals surface area contributed by atoms with Crippen molar-refractivity contribution >= 4 is 17.9 Å². The van der Waals surface area contributed by atoms with Crippen LogP contribution in [0.5, 0.6) is 0 Å². The molecule has 0 saturated carbocycles. The third kappa shape index (κ3) is 5.17. The van der Waals surface area contributed by atoms with Crippen molar-refractivity contribution in [1.29, 1.82) is 0 Å². The molecule has 0 aromatic rings. The number of alkyl halides is 3. The minimum Gasteiger partial charge on any atom is -0.458 e. The molecule has 0 aromatic heterocycles. The zero-order valence-electron chi connectivity index (χ0n) is 12.0. The van der Waals surface area contributed by atoms with Gasteiger partial charge in [-0.1, -0.05) is 0 Å². The summed E-state index contributed by atoms with van der Waals surface area (Å²) in [5.41, 5.74) is 0. The Hall–Kier alpha value is -1.84. The first-order valence-corrected chi connectivity index (χ1v) is 6.24. The van der Waals surface area contributed by atoms with E-state index >= 15 is 0 Å². The molecule has 1 fully saturated rings. The Morgan fingerprint density at radius 3 is 1.86 bits per heavy atom. The molecule has 0 bridgehead atoms. The first kappa shape index (κ1) is 18.2. The summed E-state index contributed by atoms with van der Waals surface area (Å²) in [7, 11) is 0. The van der Waals surface area contributed by atoms with Crippen molar-refractivity contribution in [3.63, 3.8) is 0 Å². The standard InChI is InChI=1S/C12H15F3O7/c1-5(16)19-8-4-9(20-6(2)17)22-11(12(13,14)15)10(8)21-7(3)18/h8-11H,4H2,1-3H3/t8-,9-,10+,11+/m0/s1. The molecule has 4 atom stereocenters. The van der Waals surface area contributed by atoms with Gasteiger partial charge in [-0.2, -0.15) is 13.2 Å². The van der Waals surface area contributed by atoms with Gasteiger partial charge in [-0.15, -0.1) is 0 Å². The highest BCUT2D eigenvalue weighted by atomic mass is 19.4. The number of rotatable bonds is 3. The van der Waals surface area contributed by atoms with Gasteiger partial charge in [0.05, 0.1) is 6.42 Å². The van der Waals surface area contributed by atoms with Crippen LogP contribution in [-0.4, -0.2) is 48.7 Å². The van der Waals surface area contributed by atoms with E-state index in [-0.39, 0.29) is 6.42 Å². The normalized spacial score (nSPS) is 28.6. The average Bonchev–Trinajstić information content (AvgIpc) is 2.28. The molecule has 1 saturated heterocycles. The highest BCUT2D eigenvalue weighted by Gasteiger charge is 2.56. The summed E-state index contributed by atoms with van der Waals surface area (Å²) in [5, 5.41) is 0. The fourth-order valence-corrected chi connectivity index (χ4v) is 2.00. The molecule has 1 aliphatic rings. The van der Waals surface area contributed by atoms with Crippen molar-refractivity contribution in [1.82, 2.24) is 0 Å². The molecule has 1 rings (SSSR count). The van der Waals surface area contributed by atoms with Crippen molar-refractivity contribution < 1.29 is 46.5 Å². The first-order chi connectivity index (χ1) is 10.0. The van der Waals surface area contributed by atoms with E-state index in [0.29, 0.717) is 0 Å². The van der Waals surface area contributed by atoms with Gasteiger partial charge in [-0.25, -0.2) is 0 Å². The van der Waals surface area contributed by atoms with Crippen molar-refractivity contribution in [3.05, 3.63) is 0 Å². The molecule has 0 spiro atoms. The van der Waals surface area contributed by atoms with Gasteiger partial charge in [0.25, 0.3) is 0 Å². The van der Waals surface area contributed by atoms with Crippen LogP contribution in [0, 0.1) is 0 Å². The van der Waals surface area contributed by atoms with Crippen LogP contribution in [0.4, 0.5) is 13.2 Å². The Bertz CT molecular complexity index is 448. The minimum absolute atomic E-state index is 0.385. The summed E-state index contributed by atoms with van der Waals surface area (Å²) in [6.45, 7) is 2.89. The third-order valence-electron chi connectivity index (χ3n) is 2.63. The zero-order valence-corrected chi connectivity index (χ0v) is 12.0. The lowest BCUT2D eigenvalue weighted by atomic mass is 10.00. The van der Waals surface area contributed by atoms with Crippen LogP contribution >= 0.6 is 0 Å². The maximum atomic E-state index is 13.1. The van der Waals surface area contributed by atoms with E-state index in [9.17, 15) is 27.6 Å². The summed E-state index contributed by atoms with van der Waals surface area (Å²) in [5.74, 6) is -2.73. The van der Waals surface area contributed by atoms with Crippen LogP contribution < -0.4 is 0 Å². The zero-order chi connectivity index (χ0) is 17.1. The predicted molar refractivity (Wildman–Crippen MR) is 62.2 cm³/mol. The second-order valence-electron chi connectivity index (χ2n) is 4.59. The molecule has 0 N–H and O–H groups in total. The second-order valence-corrected chi connectivity index (χ2v) is 4.59. The largest absolute Gasteiger partial charge is 0.458 e. The predicted octanol–water partition coefficient (Wildman–Crippen LogP) is 1.09. The van der Waals surface area contributed by atoms with Crippen molar-refractivity contribution in [2.75, 3.05) is 0 Å². The molecular weight excluding hydrogens is 313 g/mol. The Morgan fingerprint density at radius 2 is 1.45 bits per heavy atom. The van der Waals surface area contributed by atoms with Gasteiger partial charge in [0.2, 0.25) is 6.29 Å². The topological polar surface area (TPSA) is 88.1 Å². The summed E-state index contributed by atoms with van der Waals surface area (Å²) < 4.78 is 57.8. The summed E-state index contributed by atoms with van der Waals surface area (Å²) in [6.07, 6.45) is -12.8. The van der Waals surface area contributed by atoms with Crippen LogP contribution in [0.15, 0.2) is 0 Å². The highest BCUT2D eigenvalue weighted by Crippen LogP contribution is 2.36. The molecule has 0 aromatic carbocycles. The van der Waals surface area contributed by atoms with Crippen LogP contribution in [0.1, 0.15) is 27.2 Å². The fraction of sp³-hybridized carbons (Fsp3) is 0.750. The van der Waals surface area contributed by atoms with Gasteiger partial charge in [0.15, 0.2) is 12.2 Å². The van der Waals surface area contributed by atoms with Crippen LogP contribution in [0.3, 0.4) is 0 Å². The molecule has 126 valence electrons. The number of halogens is 3. The van der Waals surface area contributed by atoms with E-state index in [4.69, 9.17) is 4.74 Å². The average molecular weight is 328 g/mol. The lowest BCUT2D eigenvalue weighted by molar-refractivity contribution is -0.324. The Morgan fingerprint density at radius 1 is 0.955 bits per heavy atom. The van der Waals surface area contributed by atoms with Gasteiger partial charge in [-0.3, -0.25) is 14.4 Å². The number of carbonyl (C=O) groups is 3. The van der Waals surface area contributed by atoms with Crippen LogP contribution in [0.2, 0.25) is 0 Å². The lowest BCUT2D eigenvalue weighted by Gasteiger charge is -2.40. The molecule has 0 amide bonds. The molecule has 1 heterocycles. The van der Waals surface area contributed by atoms with E-state index in [1.54, 1.807) is 0 Å². The van der Waals surface area contributed by atoms with Gasteiger partial charge in [-0.05, 0) is 0 Å². The van der Waals surface area contributed by atoms with Crippen molar-refractivity contribution in [3.8, 4) is 0 Å². The molecule has 0 unspecified atom stereocenters. The maximum Gasteiger partial charge on any atom is 0.418 e. The number of esters is 3. The SMILES string of the molecule is CC(=O)O[C@@H]1C[C@H](OC(C)=O)[C@@H](OC(C)=O)[C@H](C(F)(F)F)O1. The van der Waals surface area contributed by atoms with Gasteiger partial charge in [0, 0.05) is 20.8 Å². The van der Waals surface area contributed by atoms with Gasteiger partial charge < -0.3 is 18.9 Å². The monoisotopic (exact) mass is 328 g/mol. The summed E-state index contributed by atoms with van der Waals surface area (Å²) >= 11 is 0. The molecule has 7 nitrogen and oxygen atoms in total. The number of ether oxygens (including phenoxy) is 4. The molecule has 1 aliphatic heterocycles. The summed E-state index contributed by atoms with van der Waals surface area (Å²) in [4.78, 5) is 32.9. The second kappa shape index (κ2) is 6.95. The smallest absolute Gasteiger partial charge is 0.418 e. The van der Waals surface area contributed by atoms with E-state index in [1.165, 1.54) is 0 Å². The van der Waals surface area contributed by atoms with Crippen molar-refractivity contribution in [2.45, 2.75) is 58.0 Å². The third-order valence-corrected chi connectivity index (χ3v) is 2.63. The van der Waals surface area contributed by atoms with E-state index < -0.39 is 48.7 Å². The van der Waals surface area contributed by atoms with Crippen LogP contribution in [-0.2, 0) is 33.3 Å². The molecule has 10 heteroatoms.